The minimum absolute atomic E-state index is 0.0846. The van der Waals surface area contributed by atoms with E-state index in [-0.39, 0.29) is 5.78 Å². The van der Waals surface area contributed by atoms with Crippen molar-refractivity contribution >= 4 is 28.4 Å². The Kier molecular flexibility index (Phi) is 4.50. The lowest BCUT2D eigenvalue weighted by Gasteiger charge is -2.25. The number of halogens is 1. The van der Waals surface area contributed by atoms with Gasteiger partial charge in [0.15, 0.2) is 11.9 Å². The van der Waals surface area contributed by atoms with Crippen molar-refractivity contribution in [3.8, 4) is 0 Å². The molecular weight excluding hydrogens is 257 g/mol. The van der Waals surface area contributed by atoms with Gasteiger partial charge in [-0.15, -0.1) is 0 Å². The Bertz CT molecular complexity index is 142. The van der Waals surface area contributed by atoms with Gasteiger partial charge in [-0.3, -0.25) is 4.79 Å². The maximum Gasteiger partial charge on any atom is 0.176 e. The Hall–Kier alpha value is 0.320. The van der Waals surface area contributed by atoms with Crippen LogP contribution in [0, 0.1) is 0 Å². The SMILES string of the molecule is C[N+](C)(C)CC(O)C(=O)CI. The van der Waals surface area contributed by atoms with Crippen molar-refractivity contribution in [2.45, 2.75) is 6.10 Å². The zero-order valence-electron chi connectivity index (χ0n) is 7.17. The van der Waals surface area contributed by atoms with Crippen LogP contribution in [0.4, 0.5) is 0 Å². The summed E-state index contributed by atoms with van der Waals surface area (Å²) in [5.41, 5.74) is 0. The number of rotatable bonds is 4. The summed E-state index contributed by atoms with van der Waals surface area (Å²) in [6.45, 7) is 0.488. The summed E-state index contributed by atoms with van der Waals surface area (Å²) in [6, 6.07) is 0. The highest BCUT2D eigenvalue weighted by molar-refractivity contribution is 14.1. The van der Waals surface area contributed by atoms with E-state index in [0.29, 0.717) is 15.5 Å². The topological polar surface area (TPSA) is 37.3 Å². The Labute approximate surface area is 81.1 Å². The van der Waals surface area contributed by atoms with Crippen molar-refractivity contribution in [3.05, 3.63) is 0 Å². The molecule has 0 rings (SSSR count). The molecule has 0 aliphatic heterocycles. The smallest absolute Gasteiger partial charge is 0.176 e. The number of hydrogen-bond acceptors (Lipinski definition) is 2. The van der Waals surface area contributed by atoms with Gasteiger partial charge >= 0.3 is 0 Å². The van der Waals surface area contributed by atoms with Crippen molar-refractivity contribution in [1.29, 1.82) is 0 Å². The molecule has 11 heavy (non-hydrogen) atoms. The molecule has 0 aromatic rings. The Morgan fingerprint density at radius 3 is 2.27 bits per heavy atom. The highest BCUT2D eigenvalue weighted by atomic mass is 127. The maximum absolute atomic E-state index is 10.9. The van der Waals surface area contributed by atoms with Gasteiger partial charge in [0, 0.05) is 0 Å². The first-order valence-electron chi connectivity index (χ1n) is 3.44. The molecule has 4 heteroatoms. The second-order valence-corrected chi connectivity index (χ2v) is 4.35. The normalized spacial score (nSPS) is 14.6. The van der Waals surface area contributed by atoms with Gasteiger partial charge < -0.3 is 9.59 Å². The number of ketones is 1. The number of hydrogen-bond donors (Lipinski definition) is 1. The Morgan fingerprint density at radius 1 is 1.55 bits per heavy atom. The molecule has 0 bridgehead atoms. The summed E-state index contributed by atoms with van der Waals surface area (Å²) in [4.78, 5) is 10.9. The highest BCUT2D eigenvalue weighted by Gasteiger charge is 2.20. The van der Waals surface area contributed by atoms with Gasteiger partial charge in [-0.05, 0) is 0 Å². The minimum atomic E-state index is -0.799. The van der Waals surface area contributed by atoms with E-state index in [1.54, 1.807) is 0 Å². The van der Waals surface area contributed by atoms with Crippen LogP contribution in [-0.4, -0.2) is 53.6 Å². The largest absolute Gasteiger partial charge is 0.380 e. The van der Waals surface area contributed by atoms with Gasteiger partial charge in [0.2, 0.25) is 0 Å². The number of aliphatic hydroxyl groups excluding tert-OH is 1. The third-order valence-corrected chi connectivity index (χ3v) is 1.98. The van der Waals surface area contributed by atoms with Gasteiger partial charge in [0.1, 0.15) is 6.54 Å². The van der Waals surface area contributed by atoms with Crippen molar-refractivity contribution in [1.82, 2.24) is 0 Å². The van der Waals surface area contributed by atoms with Gasteiger partial charge in [-0.2, -0.15) is 0 Å². The molecule has 1 N–H and O–H groups in total. The summed E-state index contributed by atoms with van der Waals surface area (Å²) in [5.74, 6) is -0.0846. The van der Waals surface area contributed by atoms with Crippen LogP contribution in [0.3, 0.4) is 0 Å². The number of nitrogens with zero attached hydrogens (tertiary/aromatic N) is 1. The van der Waals surface area contributed by atoms with Gasteiger partial charge in [-0.1, -0.05) is 22.6 Å². The first-order chi connectivity index (χ1) is 4.87. The minimum Gasteiger partial charge on any atom is -0.380 e. The molecule has 0 aliphatic rings. The van der Waals surface area contributed by atoms with Gasteiger partial charge in [-0.25, -0.2) is 0 Å². The van der Waals surface area contributed by atoms with Crippen LogP contribution >= 0.6 is 22.6 Å². The van der Waals surface area contributed by atoms with Crippen LogP contribution < -0.4 is 0 Å². The quantitative estimate of drug-likeness (QED) is 0.446. The lowest BCUT2D eigenvalue weighted by molar-refractivity contribution is -0.872. The fourth-order valence-electron chi connectivity index (χ4n) is 0.710. The third-order valence-electron chi connectivity index (χ3n) is 1.22. The molecule has 0 aromatic heterocycles. The summed E-state index contributed by atoms with van der Waals surface area (Å²) in [6.07, 6.45) is -0.799. The van der Waals surface area contributed by atoms with E-state index in [9.17, 15) is 9.90 Å². The third kappa shape index (κ3) is 5.57. The van der Waals surface area contributed by atoms with E-state index in [0.717, 1.165) is 0 Å². The number of quaternary nitrogens is 1. The summed E-state index contributed by atoms with van der Waals surface area (Å²) < 4.78 is 1.00. The number of aliphatic hydroxyl groups is 1. The van der Waals surface area contributed by atoms with Crippen molar-refractivity contribution in [2.24, 2.45) is 0 Å². The Balaban J connectivity index is 3.87. The average Bonchev–Trinajstić information content (AvgIpc) is 1.82. The van der Waals surface area contributed by atoms with Crippen LogP contribution in [0.1, 0.15) is 0 Å². The molecule has 0 heterocycles. The number of Topliss-reactive ketones (excluding diaryl/α,β-unsaturated/α-hetero) is 1. The van der Waals surface area contributed by atoms with Crippen LogP contribution in [0.25, 0.3) is 0 Å². The zero-order chi connectivity index (χ0) is 9.07. The van der Waals surface area contributed by atoms with Crippen LogP contribution in [-0.2, 0) is 4.79 Å². The lowest BCUT2D eigenvalue weighted by Crippen LogP contribution is -2.44. The summed E-state index contributed by atoms with van der Waals surface area (Å²) in [5, 5.41) is 9.28. The summed E-state index contributed by atoms with van der Waals surface area (Å²) >= 11 is 1.96. The fourth-order valence-corrected chi connectivity index (χ4v) is 1.22. The Morgan fingerprint density at radius 2 is 2.00 bits per heavy atom. The number of carbonyl (C=O) groups excluding carboxylic acids is 1. The number of carbonyl (C=O) groups is 1. The van der Waals surface area contributed by atoms with Gasteiger partial charge in [0.05, 0.1) is 25.6 Å². The molecule has 0 spiro atoms. The van der Waals surface area contributed by atoms with E-state index in [4.69, 9.17) is 0 Å². The lowest BCUT2D eigenvalue weighted by atomic mass is 10.2. The number of alkyl halides is 1. The van der Waals surface area contributed by atoms with E-state index >= 15 is 0 Å². The molecule has 1 atom stereocenters. The summed E-state index contributed by atoms with van der Waals surface area (Å²) in [7, 11) is 5.84. The van der Waals surface area contributed by atoms with Crippen LogP contribution in [0.5, 0.6) is 0 Å². The molecule has 3 nitrogen and oxygen atoms in total. The maximum atomic E-state index is 10.9. The molecule has 66 valence electrons. The fraction of sp³-hybridized carbons (Fsp3) is 0.857. The first-order valence-corrected chi connectivity index (χ1v) is 4.96. The van der Waals surface area contributed by atoms with Crippen molar-refractivity contribution in [2.75, 3.05) is 32.1 Å². The molecule has 0 aliphatic carbocycles. The monoisotopic (exact) mass is 272 g/mol. The second kappa shape index (κ2) is 4.37. The molecule has 0 amide bonds. The van der Waals surface area contributed by atoms with E-state index in [1.165, 1.54) is 0 Å². The molecular formula is C7H15INO2+. The first kappa shape index (κ1) is 11.3. The highest BCUT2D eigenvalue weighted by Crippen LogP contribution is 1.98. The predicted octanol–water partition coefficient (Wildman–Crippen LogP) is 0.0576. The number of likely N-dealkylation sites (N-methyl/N-ethyl adjacent to an activating group) is 1. The molecule has 0 aromatic carbocycles. The molecule has 0 radical (unpaired) electrons. The molecule has 0 fully saturated rings. The van der Waals surface area contributed by atoms with Crippen molar-refractivity contribution in [3.63, 3.8) is 0 Å². The standard InChI is InChI=1S/C7H15INO2/c1-9(2,3)5-7(11)6(10)4-8/h7,11H,4-5H2,1-3H3/q+1. The molecule has 0 saturated carbocycles. The average molecular weight is 272 g/mol. The zero-order valence-corrected chi connectivity index (χ0v) is 9.33. The predicted molar refractivity (Wildman–Crippen MR) is 52.8 cm³/mol. The van der Waals surface area contributed by atoms with E-state index in [2.05, 4.69) is 0 Å². The second-order valence-electron chi connectivity index (χ2n) is 3.59. The van der Waals surface area contributed by atoms with Crippen molar-refractivity contribution < 1.29 is 14.4 Å². The molecule has 0 saturated heterocycles. The molecule has 1 unspecified atom stereocenters. The van der Waals surface area contributed by atoms with E-state index in [1.807, 2.05) is 43.7 Å². The van der Waals surface area contributed by atoms with E-state index < -0.39 is 6.10 Å². The van der Waals surface area contributed by atoms with Crippen LogP contribution in [0.15, 0.2) is 0 Å². The van der Waals surface area contributed by atoms with Gasteiger partial charge in [0.25, 0.3) is 0 Å². The van der Waals surface area contributed by atoms with Crippen LogP contribution in [0.2, 0.25) is 0 Å².